The van der Waals surface area contributed by atoms with Crippen molar-refractivity contribution in [3.05, 3.63) is 82.7 Å². The third kappa shape index (κ3) is 7.56. The molecule has 0 fully saturated rings. The van der Waals surface area contributed by atoms with Gasteiger partial charge in [0, 0.05) is 29.2 Å². The number of benzene rings is 2. The maximum absolute atomic E-state index is 12.8. The number of carbonyl (C=O) groups excluding carboxylic acids is 1. The molecule has 0 bridgehead atoms. The zero-order valence-corrected chi connectivity index (χ0v) is 23.1. The normalized spacial score (nSPS) is 13.3. The molecule has 2 atom stereocenters. The Morgan fingerprint density at radius 2 is 1.85 bits per heavy atom. The lowest BCUT2D eigenvalue weighted by atomic mass is 10.0. The standard InChI is InChI=1S/C28H33N5O5S/c1-16-9-18(3)30-27(10-16)32-28(36)24-14-21-12-19(5-7-22(21)31-24)11-17(2)29-15-26(35)20-6-8-25(34)23(13-20)33-39(4,37)38/h5-10,12-14,17,26,29,31,33-35H,11,15H2,1-4H3,(H,30,32,36)/t17-,26+/m1/s1. The van der Waals surface area contributed by atoms with E-state index in [-0.39, 0.29) is 29.9 Å². The van der Waals surface area contributed by atoms with Crippen LogP contribution < -0.4 is 15.4 Å². The van der Waals surface area contributed by atoms with Gasteiger partial charge in [-0.25, -0.2) is 13.4 Å². The van der Waals surface area contributed by atoms with Crippen molar-refractivity contribution in [2.75, 3.05) is 22.8 Å². The van der Waals surface area contributed by atoms with Crippen LogP contribution in [0.2, 0.25) is 0 Å². The number of aliphatic hydroxyl groups is 1. The Morgan fingerprint density at radius 1 is 1.08 bits per heavy atom. The summed E-state index contributed by atoms with van der Waals surface area (Å²) in [6, 6.07) is 15.8. The maximum atomic E-state index is 12.8. The van der Waals surface area contributed by atoms with E-state index in [4.69, 9.17) is 0 Å². The van der Waals surface area contributed by atoms with Gasteiger partial charge >= 0.3 is 0 Å². The number of phenols is 1. The summed E-state index contributed by atoms with van der Waals surface area (Å²) < 4.78 is 25.3. The molecule has 2 aromatic carbocycles. The molecule has 2 heterocycles. The number of aromatic hydroxyl groups is 1. The number of aryl methyl sites for hydroxylation is 2. The van der Waals surface area contributed by atoms with Crippen molar-refractivity contribution in [2.45, 2.75) is 39.3 Å². The molecular formula is C28H33N5O5S. The molecule has 1 amide bonds. The smallest absolute Gasteiger partial charge is 0.273 e. The average molecular weight is 552 g/mol. The minimum atomic E-state index is -3.57. The molecule has 6 N–H and O–H groups in total. The summed E-state index contributed by atoms with van der Waals surface area (Å²) in [7, 11) is -3.57. The summed E-state index contributed by atoms with van der Waals surface area (Å²) in [6.07, 6.45) is 0.759. The molecule has 11 heteroatoms. The van der Waals surface area contributed by atoms with Gasteiger partial charge in [-0.05, 0) is 86.3 Å². The number of anilines is 2. The fourth-order valence-corrected chi connectivity index (χ4v) is 4.98. The third-order valence-electron chi connectivity index (χ3n) is 6.17. The molecule has 2 aromatic heterocycles. The van der Waals surface area contributed by atoms with Crippen molar-refractivity contribution in [2.24, 2.45) is 0 Å². The molecule has 0 aliphatic rings. The number of aromatic amines is 1. The Bertz CT molecular complexity index is 1600. The zero-order chi connectivity index (χ0) is 28.3. The lowest BCUT2D eigenvalue weighted by Crippen LogP contribution is -2.32. The number of amides is 1. The van der Waals surface area contributed by atoms with Crippen LogP contribution >= 0.6 is 0 Å². The highest BCUT2D eigenvalue weighted by Gasteiger charge is 2.15. The number of carbonyl (C=O) groups is 1. The van der Waals surface area contributed by atoms with Gasteiger partial charge in [-0.3, -0.25) is 9.52 Å². The number of nitrogens with one attached hydrogen (secondary N) is 4. The first-order chi connectivity index (χ1) is 18.4. The van der Waals surface area contributed by atoms with E-state index in [9.17, 15) is 23.4 Å². The molecule has 0 aliphatic heterocycles. The number of sulfonamides is 1. The molecule has 0 unspecified atom stereocenters. The number of nitrogens with zero attached hydrogens (tertiary/aromatic N) is 1. The van der Waals surface area contributed by atoms with Crippen LogP contribution in [0.1, 0.15) is 45.9 Å². The molecule has 4 rings (SSSR count). The van der Waals surface area contributed by atoms with Crippen LogP contribution in [0.15, 0.2) is 54.6 Å². The lowest BCUT2D eigenvalue weighted by Gasteiger charge is -2.18. The van der Waals surface area contributed by atoms with Crippen LogP contribution in [0.5, 0.6) is 5.75 Å². The van der Waals surface area contributed by atoms with Crippen molar-refractivity contribution in [3.63, 3.8) is 0 Å². The summed E-state index contributed by atoms with van der Waals surface area (Å²) in [5.41, 5.74) is 4.68. The summed E-state index contributed by atoms with van der Waals surface area (Å²) in [4.78, 5) is 20.3. The van der Waals surface area contributed by atoms with Gasteiger partial charge in [0.05, 0.1) is 18.0 Å². The minimum absolute atomic E-state index is 0.0141. The van der Waals surface area contributed by atoms with Crippen molar-refractivity contribution in [1.29, 1.82) is 0 Å². The highest BCUT2D eigenvalue weighted by Crippen LogP contribution is 2.28. The first-order valence-electron chi connectivity index (χ1n) is 12.5. The van der Waals surface area contributed by atoms with E-state index in [1.54, 1.807) is 6.07 Å². The monoisotopic (exact) mass is 551 g/mol. The van der Waals surface area contributed by atoms with Crippen LogP contribution in [-0.2, 0) is 16.4 Å². The van der Waals surface area contributed by atoms with E-state index in [2.05, 4.69) is 25.3 Å². The van der Waals surface area contributed by atoms with E-state index >= 15 is 0 Å². The van der Waals surface area contributed by atoms with Gasteiger partial charge in [0.15, 0.2) is 0 Å². The highest BCUT2D eigenvalue weighted by molar-refractivity contribution is 7.92. The predicted octanol–water partition coefficient (Wildman–Crippen LogP) is 3.76. The number of H-pyrrole nitrogens is 1. The summed E-state index contributed by atoms with van der Waals surface area (Å²) in [5.74, 6) is 0.0212. The second-order valence-corrected chi connectivity index (χ2v) is 11.7. The quantitative estimate of drug-likeness (QED) is 0.164. The van der Waals surface area contributed by atoms with Crippen LogP contribution in [0.4, 0.5) is 11.5 Å². The Balaban J connectivity index is 1.36. The number of hydrogen-bond donors (Lipinski definition) is 6. The second-order valence-electron chi connectivity index (χ2n) is 9.91. The zero-order valence-electron chi connectivity index (χ0n) is 22.2. The Morgan fingerprint density at radius 3 is 2.56 bits per heavy atom. The molecule has 206 valence electrons. The van der Waals surface area contributed by atoms with Gasteiger partial charge in [0.25, 0.3) is 5.91 Å². The van der Waals surface area contributed by atoms with E-state index in [0.29, 0.717) is 23.5 Å². The van der Waals surface area contributed by atoms with E-state index < -0.39 is 16.1 Å². The molecular weight excluding hydrogens is 518 g/mol. The number of phenolic OH excluding ortho intramolecular Hbond substituents is 1. The first kappa shape index (κ1) is 28.1. The molecule has 0 saturated heterocycles. The SMILES string of the molecule is Cc1cc(C)nc(NC(=O)c2cc3cc(C[C@@H](C)NC[C@H](O)c4ccc(O)c(NS(C)(=O)=O)c4)ccc3[nH]2)c1. The Labute approximate surface area is 227 Å². The van der Waals surface area contributed by atoms with Gasteiger partial charge in [0.2, 0.25) is 10.0 Å². The molecule has 4 aromatic rings. The number of pyridine rings is 1. The maximum Gasteiger partial charge on any atom is 0.273 e. The number of aliphatic hydroxyl groups excluding tert-OH is 1. The molecule has 0 aliphatic carbocycles. The molecule has 0 radical (unpaired) electrons. The fourth-order valence-electron chi connectivity index (χ4n) is 4.42. The van der Waals surface area contributed by atoms with Crippen molar-refractivity contribution in [1.82, 2.24) is 15.3 Å². The fraction of sp³-hybridized carbons (Fsp3) is 0.286. The van der Waals surface area contributed by atoms with Crippen LogP contribution in [-0.4, -0.2) is 53.3 Å². The Kier molecular flexibility index (Phi) is 8.24. The van der Waals surface area contributed by atoms with Gasteiger partial charge in [-0.15, -0.1) is 0 Å². The van der Waals surface area contributed by atoms with Gasteiger partial charge < -0.3 is 25.8 Å². The topological polar surface area (TPSA) is 156 Å². The highest BCUT2D eigenvalue weighted by atomic mass is 32.2. The largest absolute Gasteiger partial charge is 0.506 e. The van der Waals surface area contributed by atoms with Crippen LogP contribution in [0.25, 0.3) is 10.9 Å². The van der Waals surface area contributed by atoms with Gasteiger partial charge in [0.1, 0.15) is 17.3 Å². The molecule has 0 saturated carbocycles. The molecule has 10 nitrogen and oxygen atoms in total. The van der Waals surface area contributed by atoms with Gasteiger partial charge in [-0.1, -0.05) is 12.1 Å². The van der Waals surface area contributed by atoms with Crippen molar-refractivity contribution in [3.8, 4) is 5.75 Å². The third-order valence-corrected chi connectivity index (χ3v) is 6.76. The minimum Gasteiger partial charge on any atom is -0.506 e. The van der Waals surface area contributed by atoms with Crippen molar-refractivity contribution < 1.29 is 23.4 Å². The Hall–Kier alpha value is -3.93. The summed E-state index contributed by atoms with van der Waals surface area (Å²) in [6.45, 7) is 6.06. The van der Waals surface area contributed by atoms with E-state index in [0.717, 1.165) is 34.0 Å². The lowest BCUT2D eigenvalue weighted by molar-refractivity contribution is 0.102. The number of fused-ring (bicyclic) bond motifs is 1. The van der Waals surface area contributed by atoms with E-state index in [1.807, 2.05) is 57.2 Å². The predicted molar refractivity (Wildman–Crippen MR) is 153 cm³/mol. The molecule has 39 heavy (non-hydrogen) atoms. The van der Waals surface area contributed by atoms with Crippen molar-refractivity contribution >= 4 is 38.3 Å². The number of rotatable bonds is 10. The second kappa shape index (κ2) is 11.4. The van der Waals surface area contributed by atoms with Crippen LogP contribution in [0, 0.1) is 13.8 Å². The molecule has 0 spiro atoms. The van der Waals surface area contributed by atoms with Gasteiger partial charge in [-0.2, -0.15) is 0 Å². The number of hydrogen-bond acceptors (Lipinski definition) is 7. The van der Waals surface area contributed by atoms with Crippen LogP contribution in [0.3, 0.4) is 0 Å². The van der Waals surface area contributed by atoms with E-state index in [1.165, 1.54) is 12.1 Å². The average Bonchev–Trinajstić information content (AvgIpc) is 3.26. The first-order valence-corrected chi connectivity index (χ1v) is 14.4. The summed E-state index contributed by atoms with van der Waals surface area (Å²) >= 11 is 0. The summed E-state index contributed by atoms with van der Waals surface area (Å²) in [5, 5.41) is 27.6. The number of aromatic nitrogens is 2.